The van der Waals surface area contributed by atoms with Crippen LogP contribution in [-0.2, 0) is 28.9 Å². The monoisotopic (exact) mass is 426 g/mol. The number of fused-ring (bicyclic) bond motifs is 1. The van der Waals surface area contributed by atoms with Crippen molar-refractivity contribution >= 4 is 23.1 Å². The molecule has 30 heavy (non-hydrogen) atoms. The van der Waals surface area contributed by atoms with Crippen LogP contribution in [0.3, 0.4) is 0 Å². The van der Waals surface area contributed by atoms with E-state index < -0.39 is 5.97 Å². The Labute approximate surface area is 179 Å². The molecule has 1 saturated carbocycles. The highest BCUT2D eigenvalue weighted by molar-refractivity contribution is 7.12. The van der Waals surface area contributed by atoms with E-state index in [1.54, 1.807) is 11.3 Å². The van der Waals surface area contributed by atoms with E-state index in [9.17, 15) is 14.7 Å². The average Bonchev–Trinajstić information content (AvgIpc) is 3.17. The first-order valence-electron chi connectivity index (χ1n) is 10.8. The van der Waals surface area contributed by atoms with Crippen molar-refractivity contribution in [2.45, 2.75) is 77.6 Å². The van der Waals surface area contributed by atoms with Gasteiger partial charge in [0.1, 0.15) is 0 Å². The molecule has 6 nitrogen and oxygen atoms in total. The van der Waals surface area contributed by atoms with Gasteiger partial charge in [-0.25, -0.2) is 4.79 Å². The second-order valence-corrected chi connectivity index (χ2v) is 10.8. The number of Topliss-reactive ketones (excluding diaryl/α,β-unsaturated/α-hetero) is 1. The van der Waals surface area contributed by atoms with Gasteiger partial charge in [-0.3, -0.25) is 4.79 Å². The van der Waals surface area contributed by atoms with Crippen LogP contribution in [-0.4, -0.2) is 27.0 Å². The predicted molar refractivity (Wildman–Crippen MR) is 113 cm³/mol. The van der Waals surface area contributed by atoms with Crippen molar-refractivity contribution in [3.63, 3.8) is 0 Å². The fraction of sp³-hybridized carbons (Fsp3) is 0.565. The molecule has 0 spiro atoms. The Morgan fingerprint density at radius 1 is 1.17 bits per heavy atom. The summed E-state index contributed by atoms with van der Waals surface area (Å²) in [5.41, 5.74) is 2.76. The predicted octanol–water partition coefficient (Wildman–Crippen LogP) is 4.87. The number of thiophene rings is 1. The number of hydrogen-bond donors (Lipinski definition) is 1. The molecule has 7 heteroatoms. The summed E-state index contributed by atoms with van der Waals surface area (Å²) in [5, 5.41) is 13.8. The molecule has 0 aromatic carbocycles. The van der Waals surface area contributed by atoms with Crippen LogP contribution in [0.15, 0.2) is 15.7 Å². The van der Waals surface area contributed by atoms with Crippen LogP contribution in [0, 0.1) is 5.41 Å². The average molecular weight is 427 g/mol. The number of ketones is 1. The number of carbonyl (C=O) groups is 2. The Balaban J connectivity index is 1.51. The number of carbonyl (C=O) groups excluding carboxylic acids is 1. The third-order valence-corrected chi connectivity index (χ3v) is 7.72. The number of aromatic nitrogens is 2. The van der Waals surface area contributed by atoms with Gasteiger partial charge in [0.15, 0.2) is 11.6 Å². The molecular formula is C23H26N2O4S. The van der Waals surface area contributed by atoms with Crippen LogP contribution < -0.4 is 0 Å². The highest BCUT2D eigenvalue weighted by Gasteiger charge is 2.38. The third kappa shape index (κ3) is 3.53. The maximum Gasteiger partial charge on any atom is 0.331 e. The van der Waals surface area contributed by atoms with E-state index in [0.717, 1.165) is 54.8 Å². The highest BCUT2D eigenvalue weighted by Crippen LogP contribution is 2.45. The van der Waals surface area contributed by atoms with Gasteiger partial charge in [-0.1, -0.05) is 19.0 Å². The van der Waals surface area contributed by atoms with Crippen LogP contribution in [0.5, 0.6) is 0 Å². The van der Waals surface area contributed by atoms with Gasteiger partial charge in [0.25, 0.3) is 5.89 Å². The molecule has 2 aromatic rings. The summed E-state index contributed by atoms with van der Waals surface area (Å²) >= 11 is 1.67. The molecule has 0 aliphatic heterocycles. The maximum absolute atomic E-state index is 13.3. The third-order valence-electron chi connectivity index (χ3n) is 6.43. The molecule has 2 heterocycles. The Morgan fingerprint density at radius 3 is 2.63 bits per heavy atom. The van der Waals surface area contributed by atoms with E-state index in [1.165, 1.54) is 10.4 Å². The summed E-state index contributed by atoms with van der Waals surface area (Å²) in [7, 11) is 0. The number of aliphatic carboxylic acids is 1. The number of allylic oxidation sites excluding steroid dienone is 1. The van der Waals surface area contributed by atoms with E-state index in [1.807, 2.05) is 13.8 Å². The van der Waals surface area contributed by atoms with Crippen molar-refractivity contribution < 1.29 is 19.2 Å². The van der Waals surface area contributed by atoms with Crippen LogP contribution >= 0.6 is 11.3 Å². The van der Waals surface area contributed by atoms with Crippen molar-refractivity contribution in [2.24, 2.45) is 5.41 Å². The normalized spacial score (nSPS) is 20.5. The largest absolute Gasteiger partial charge is 0.478 e. The molecule has 0 radical (unpaired) electrons. The van der Waals surface area contributed by atoms with Gasteiger partial charge < -0.3 is 9.63 Å². The molecule has 0 unspecified atom stereocenters. The van der Waals surface area contributed by atoms with Gasteiger partial charge in [-0.05, 0) is 62.3 Å². The molecule has 0 amide bonds. The van der Waals surface area contributed by atoms with Crippen molar-refractivity contribution in [1.82, 2.24) is 10.1 Å². The number of carboxylic acids is 1. The molecule has 3 aliphatic rings. The van der Waals surface area contributed by atoms with Crippen molar-refractivity contribution in [3.8, 4) is 11.5 Å². The number of aryl methyl sites for hydroxylation is 1. The molecular weight excluding hydrogens is 400 g/mol. The minimum atomic E-state index is -0.972. The topological polar surface area (TPSA) is 93.3 Å². The van der Waals surface area contributed by atoms with E-state index in [4.69, 9.17) is 4.52 Å². The van der Waals surface area contributed by atoms with E-state index in [0.29, 0.717) is 30.2 Å². The lowest BCUT2D eigenvalue weighted by Crippen LogP contribution is -2.11. The lowest BCUT2D eigenvalue weighted by atomic mass is 9.88. The smallest absolute Gasteiger partial charge is 0.331 e. The molecule has 3 aliphatic carbocycles. The van der Waals surface area contributed by atoms with Crippen molar-refractivity contribution in [3.05, 3.63) is 32.3 Å². The summed E-state index contributed by atoms with van der Waals surface area (Å²) in [6, 6.07) is 0. The van der Waals surface area contributed by atoms with Gasteiger partial charge in [-0.2, -0.15) is 4.98 Å². The minimum absolute atomic E-state index is 0.0836. The lowest BCUT2D eigenvalue weighted by Gasteiger charge is -2.16. The Kier molecular flexibility index (Phi) is 4.69. The highest BCUT2D eigenvalue weighted by atomic mass is 32.1. The quantitative estimate of drug-likeness (QED) is 0.708. The second-order valence-electron chi connectivity index (χ2n) is 9.62. The van der Waals surface area contributed by atoms with Gasteiger partial charge in [0.05, 0.1) is 5.56 Å². The first kappa shape index (κ1) is 19.7. The van der Waals surface area contributed by atoms with Crippen molar-refractivity contribution in [2.75, 3.05) is 0 Å². The van der Waals surface area contributed by atoms with Crippen LogP contribution in [0.2, 0.25) is 0 Å². The molecule has 1 fully saturated rings. The maximum atomic E-state index is 13.3. The summed E-state index contributed by atoms with van der Waals surface area (Å²) in [5.74, 6) is 0.649. The van der Waals surface area contributed by atoms with Gasteiger partial charge in [0, 0.05) is 33.2 Å². The van der Waals surface area contributed by atoms with Crippen LogP contribution in [0.1, 0.15) is 79.4 Å². The molecule has 0 saturated heterocycles. The molecule has 0 atom stereocenters. The fourth-order valence-electron chi connectivity index (χ4n) is 4.80. The first-order valence-corrected chi connectivity index (χ1v) is 11.6. The molecule has 158 valence electrons. The zero-order chi connectivity index (χ0) is 21.0. The zero-order valence-electron chi connectivity index (χ0n) is 17.4. The summed E-state index contributed by atoms with van der Waals surface area (Å²) in [6.45, 7) is 4.03. The van der Waals surface area contributed by atoms with Crippen LogP contribution in [0.4, 0.5) is 0 Å². The second kappa shape index (κ2) is 7.15. The molecule has 5 rings (SSSR count). The van der Waals surface area contributed by atoms with E-state index in [2.05, 4.69) is 10.1 Å². The Morgan fingerprint density at radius 2 is 1.90 bits per heavy atom. The fourth-order valence-corrected chi connectivity index (χ4v) is 6.18. The van der Waals surface area contributed by atoms with Crippen LogP contribution in [0.25, 0.3) is 11.5 Å². The Hall–Kier alpha value is -2.28. The molecule has 2 aromatic heterocycles. The summed E-state index contributed by atoms with van der Waals surface area (Å²) < 4.78 is 5.64. The van der Waals surface area contributed by atoms with Gasteiger partial charge in [0.2, 0.25) is 0 Å². The first-order chi connectivity index (χ1) is 14.3. The summed E-state index contributed by atoms with van der Waals surface area (Å²) in [4.78, 5) is 31.9. The SMILES string of the molecule is CC1(C)CC(C(=O)O)=C(C(=O)Cc2sc3c(c2-c2nc(C4CC4)no2)CCCC3)C1. The number of nitrogens with zero attached hydrogens (tertiary/aromatic N) is 2. The Bertz CT molecular complexity index is 1070. The molecule has 0 bridgehead atoms. The number of hydrogen-bond acceptors (Lipinski definition) is 6. The minimum Gasteiger partial charge on any atom is -0.478 e. The molecule has 1 N–H and O–H groups in total. The van der Waals surface area contributed by atoms with Gasteiger partial charge >= 0.3 is 5.97 Å². The standard InChI is InChI=1S/C23H26N2O4S/c1-23(2)10-14(15(11-23)22(27)28)16(26)9-18-19(13-5-3-4-6-17(13)30-18)21-24-20(25-29-21)12-7-8-12/h12H,3-11H2,1-2H3,(H,27,28). The van der Waals surface area contributed by atoms with E-state index >= 15 is 0 Å². The van der Waals surface area contributed by atoms with Gasteiger partial charge in [-0.15, -0.1) is 11.3 Å². The lowest BCUT2D eigenvalue weighted by molar-refractivity contribution is -0.133. The van der Waals surface area contributed by atoms with Crippen molar-refractivity contribution in [1.29, 1.82) is 0 Å². The number of rotatable bonds is 6. The number of carboxylic acid groups (broad SMARTS) is 1. The summed E-state index contributed by atoms with van der Waals surface area (Å²) in [6.07, 6.45) is 7.62. The van der Waals surface area contributed by atoms with E-state index in [-0.39, 0.29) is 23.2 Å². The zero-order valence-corrected chi connectivity index (χ0v) is 18.2.